The number of hydrogen-bond acceptors (Lipinski definition) is 3. The van der Waals surface area contributed by atoms with E-state index in [1.807, 2.05) is 12.1 Å². The lowest BCUT2D eigenvalue weighted by Gasteiger charge is -2.33. The van der Waals surface area contributed by atoms with E-state index in [0.29, 0.717) is 25.1 Å². The number of amides is 1. The lowest BCUT2D eigenvalue weighted by molar-refractivity contribution is 0.200. The zero-order chi connectivity index (χ0) is 14.5. The number of carboxylic acid groups (broad SMARTS) is 1. The molecule has 7 heteroatoms. The first-order valence-corrected chi connectivity index (χ1v) is 8.95. The van der Waals surface area contributed by atoms with Crippen molar-refractivity contribution < 1.29 is 18.3 Å². The molecule has 108 valence electrons. The van der Waals surface area contributed by atoms with Gasteiger partial charge in [0.15, 0.2) is 0 Å². The van der Waals surface area contributed by atoms with Crippen molar-refractivity contribution in [2.24, 2.45) is 0 Å². The summed E-state index contributed by atoms with van der Waals surface area (Å²) in [6, 6.07) is 5.59. The lowest BCUT2D eigenvalue weighted by atomic mass is 9.77. The van der Waals surface area contributed by atoms with Crippen LogP contribution in [0.25, 0.3) is 0 Å². The second kappa shape index (κ2) is 4.46. The van der Waals surface area contributed by atoms with E-state index in [0.717, 1.165) is 10.0 Å². The Hall–Kier alpha value is -1.08. The van der Waals surface area contributed by atoms with Gasteiger partial charge in [-0.05, 0) is 30.5 Å². The molecule has 1 aromatic carbocycles. The lowest BCUT2D eigenvalue weighted by Crippen LogP contribution is -2.42. The molecular weight excluding hydrogens is 346 g/mol. The number of rotatable bonds is 0. The molecule has 5 nitrogen and oxygen atoms in total. The van der Waals surface area contributed by atoms with Gasteiger partial charge in [-0.25, -0.2) is 13.2 Å². The first-order valence-electron chi connectivity index (χ1n) is 6.34. The highest BCUT2D eigenvalue weighted by atomic mass is 79.9. The Bertz CT molecular complexity index is 672. The molecule has 1 N–H and O–H groups in total. The molecule has 0 aromatic heterocycles. The number of anilines is 1. The van der Waals surface area contributed by atoms with Crippen molar-refractivity contribution in [3.8, 4) is 0 Å². The fourth-order valence-corrected chi connectivity index (χ4v) is 5.13. The zero-order valence-electron chi connectivity index (χ0n) is 10.7. The maximum atomic E-state index is 11.6. The molecular formula is C13H14BrNO4S. The monoisotopic (exact) mass is 359 g/mol. The van der Waals surface area contributed by atoms with Crippen molar-refractivity contribution in [3.05, 3.63) is 28.2 Å². The van der Waals surface area contributed by atoms with Gasteiger partial charge in [-0.15, -0.1) is 0 Å². The third-order valence-corrected chi connectivity index (χ3v) is 6.44. The fraction of sp³-hybridized carbons (Fsp3) is 0.462. The molecule has 0 unspecified atom stereocenters. The Labute approximate surface area is 125 Å². The highest BCUT2D eigenvalue weighted by molar-refractivity contribution is 9.10. The van der Waals surface area contributed by atoms with Crippen LogP contribution in [-0.2, 0) is 15.3 Å². The van der Waals surface area contributed by atoms with Gasteiger partial charge in [-0.1, -0.05) is 22.0 Å². The van der Waals surface area contributed by atoms with Gasteiger partial charge in [0.25, 0.3) is 0 Å². The largest absolute Gasteiger partial charge is 0.465 e. The van der Waals surface area contributed by atoms with Crippen LogP contribution in [-0.4, -0.2) is 37.7 Å². The standard InChI is InChI=1S/C13H14BrNO4S/c14-9-1-2-10-11(7-9)15(12(16)17)8-13(10)3-5-20(18,19)6-4-13/h1-2,7H,3-6,8H2,(H,16,17). The number of benzene rings is 1. The van der Waals surface area contributed by atoms with Crippen molar-refractivity contribution in [2.45, 2.75) is 18.3 Å². The summed E-state index contributed by atoms with van der Waals surface area (Å²) in [5.74, 6) is 0.270. The minimum absolute atomic E-state index is 0.135. The Morgan fingerprint density at radius 1 is 1.30 bits per heavy atom. The van der Waals surface area contributed by atoms with Crippen molar-refractivity contribution in [1.29, 1.82) is 0 Å². The van der Waals surface area contributed by atoms with Crippen LogP contribution >= 0.6 is 15.9 Å². The summed E-state index contributed by atoms with van der Waals surface area (Å²) in [5, 5.41) is 9.36. The zero-order valence-corrected chi connectivity index (χ0v) is 13.1. The van der Waals surface area contributed by atoms with Crippen LogP contribution in [0.5, 0.6) is 0 Å². The molecule has 1 amide bonds. The Morgan fingerprint density at radius 3 is 2.55 bits per heavy atom. The van der Waals surface area contributed by atoms with E-state index in [-0.39, 0.29) is 16.9 Å². The molecule has 2 aliphatic heterocycles. The quantitative estimate of drug-likeness (QED) is 0.771. The van der Waals surface area contributed by atoms with Gasteiger partial charge in [-0.2, -0.15) is 0 Å². The summed E-state index contributed by atoms with van der Waals surface area (Å²) in [6.45, 7) is 0.351. The number of fused-ring (bicyclic) bond motifs is 2. The van der Waals surface area contributed by atoms with E-state index in [1.54, 1.807) is 6.07 Å². The molecule has 0 bridgehead atoms. The normalized spacial score (nSPS) is 22.8. The SMILES string of the molecule is O=C(O)N1CC2(CCS(=O)(=O)CC2)c2ccc(Br)cc21. The van der Waals surface area contributed by atoms with Crippen LogP contribution in [0.15, 0.2) is 22.7 Å². The molecule has 1 saturated heterocycles. The van der Waals surface area contributed by atoms with Gasteiger partial charge >= 0.3 is 6.09 Å². The summed E-state index contributed by atoms with van der Waals surface area (Å²) in [5.41, 5.74) is 1.28. The maximum absolute atomic E-state index is 11.6. The molecule has 3 rings (SSSR count). The molecule has 0 atom stereocenters. The summed E-state index contributed by atoms with van der Waals surface area (Å²) >= 11 is 3.36. The Balaban J connectivity index is 2.07. The summed E-state index contributed by atoms with van der Waals surface area (Å²) < 4.78 is 24.1. The summed E-state index contributed by atoms with van der Waals surface area (Å²) in [7, 11) is -2.97. The van der Waals surface area contributed by atoms with Crippen molar-refractivity contribution >= 4 is 37.5 Å². The molecule has 1 fully saturated rings. The number of hydrogen-bond donors (Lipinski definition) is 1. The number of halogens is 1. The van der Waals surface area contributed by atoms with Crippen molar-refractivity contribution in [3.63, 3.8) is 0 Å². The number of sulfone groups is 1. The van der Waals surface area contributed by atoms with E-state index in [4.69, 9.17) is 0 Å². The minimum Gasteiger partial charge on any atom is -0.465 e. The highest BCUT2D eigenvalue weighted by Gasteiger charge is 2.47. The van der Waals surface area contributed by atoms with Crippen LogP contribution in [0.4, 0.5) is 10.5 Å². The predicted octanol–water partition coefficient (Wildman–Crippen LogP) is 2.39. The summed E-state index contributed by atoms with van der Waals surface area (Å²) in [4.78, 5) is 12.8. The Morgan fingerprint density at radius 2 is 1.95 bits per heavy atom. The van der Waals surface area contributed by atoms with E-state index in [2.05, 4.69) is 15.9 Å². The van der Waals surface area contributed by atoms with Gasteiger partial charge in [-0.3, -0.25) is 4.90 Å². The van der Waals surface area contributed by atoms with Crippen molar-refractivity contribution in [1.82, 2.24) is 0 Å². The van der Waals surface area contributed by atoms with Crippen LogP contribution in [0, 0.1) is 0 Å². The van der Waals surface area contributed by atoms with Crippen LogP contribution < -0.4 is 4.90 Å². The van der Waals surface area contributed by atoms with Gasteiger partial charge in [0.1, 0.15) is 9.84 Å². The smallest absolute Gasteiger partial charge is 0.411 e. The topological polar surface area (TPSA) is 74.7 Å². The maximum Gasteiger partial charge on any atom is 0.411 e. The van der Waals surface area contributed by atoms with E-state index >= 15 is 0 Å². The molecule has 0 saturated carbocycles. The van der Waals surface area contributed by atoms with E-state index in [9.17, 15) is 18.3 Å². The van der Waals surface area contributed by atoms with Crippen molar-refractivity contribution in [2.75, 3.05) is 23.0 Å². The number of carbonyl (C=O) groups is 1. The Kier molecular flexibility index (Phi) is 3.10. The first-order chi connectivity index (χ1) is 9.33. The summed E-state index contributed by atoms with van der Waals surface area (Å²) in [6.07, 6.45) is -0.00347. The predicted molar refractivity (Wildman–Crippen MR) is 79.1 cm³/mol. The fourth-order valence-electron chi connectivity index (χ4n) is 3.18. The van der Waals surface area contributed by atoms with Crippen LogP contribution in [0.1, 0.15) is 18.4 Å². The molecule has 1 spiro atoms. The minimum atomic E-state index is -2.97. The average molecular weight is 360 g/mol. The van der Waals surface area contributed by atoms with E-state index < -0.39 is 15.9 Å². The van der Waals surface area contributed by atoms with Crippen LogP contribution in [0.3, 0.4) is 0 Å². The van der Waals surface area contributed by atoms with Crippen LogP contribution in [0.2, 0.25) is 0 Å². The average Bonchev–Trinajstić information content (AvgIpc) is 2.68. The first kappa shape index (κ1) is 13.9. The van der Waals surface area contributed by atoms with Gasteiger partial charge in [0.2, 0.25) is 0 Å². The molecule has 20 heavy (non-hydrogen) atoms. The second-order valence-corrected chi connectivity index (χ2v) is 8.68. The van der Waals surface area contributed by atoms with Gasteiger partial charge in [0, 0.05) is 16.4 Å². The molecule has 1 aromatic rings. The van der Waals surface area contributed by atoms with E-state index in [1.165, 1.54) is 4.90 Å². The molecule has 2 aliphatic rings. The highest BCUT2D eigenvalue weighted by Crippen LogP contribution is 2.48. The third-order valence-electron chi connectivity index (χ3n) is 4.30. The molecule has 0 radical (unpaired) electrons. The third kappa shape index (κ3) is 2.13. The number of nitrogens with zero attached hydrogens (tertiary/aromatic N) is 1. The molecule has 2 heterocycles. The molecule has 0 aliphatic carbocycles. The van der Waals surface area contributed by atoms with Gasteiger partial charge < -0.3 is 5.11 Å². The van der Waals surface area contributed by atoms with Gasteiger partial charge in [0.05, 0.1) is 17.2 Å². The second-order valence-electron chi connectivity index (χ2n) is 5.46.